The molecular formula is C19H21N3O2S. The topological polar surface area (TPSA) is 55.2 Å². The van der Waals surface area contributed by atoms with Gasteiger partial charge in [-0.1, -0.05) is 25.1 Å². The van der Waals surface area contributed by atoms with E-state index in [-0.39, 0.29) is 11.5 Å². The van der Waals surface area contributed by atoms with Gasteiger partial charge in [0.05, 0.1) is 11.9 Å². The molecule has 2 heterocycles. The molecule has 1 aromatic carbocycles. The van der Waals surface area contributed by atoms with Gasteiger partial charge < -0.3 is 4.90 Å². The van der Waals surface area contributed by atoms with Crippen molar-refractivity contribution < 1.29 is 4.79 Å². The Morgan fingerprint density at radius 2 is 1.96 bits per heavy atom. The van der Waals surface area contributed by atoms with Crippen LogP contribution in [0.25, 0.3) is 10.8 Å². The fourth-order valence-corrected chi connectivity index (χ4v) is 3.75. The lowest BCUT2D eigenvalue weighted by Gasteiger charge is -2.18. The van der Waals surface area contributed by atoms with Crippen molar-refractivity contribution in [3.8, 4) is 0 Å². The van der Waals surface area contributed by atoms with Crippen molar-refractivity contribution >= 4 is 28.0 Å². The number of fused-ring (bicyclic) bond motifs is 1. The van der Waals surface area contributed by atoms with E-state index in [9.17, 15) is 9.59 Å². The second kappa shape index (κ2) is 7.19. The molecule has 0 aliphatic rings. The van der Waals surface area contributed by atoms with Crippen molar-refractivity contribution in [2.45, 2.75) is 33.4 Å². The normalized spacial score (nSPS) is 11.0. The van der Waals surface area contributed by atoms with E-state index >= 15 is 0 Å². The molecule has 5 nitrogen and oxygen atoms in total. The van der Waals surface area contributed by atoms with E-state index in [1.165, 1.54) is 10.2 Å². The summed E-state index contributed by atoms with van der Waals surface area (Å²) in [6.45, 7) is 5.05. The van der Waals surface area contributed by atoms with Crippen LogP contribution in [0.15, 0.2) is 40.5 Å². The summed E-state index contributed by atoms with van der Waals surface area (Å²) < 4.78 is 1.40. The van der Waals surface area contributed by atoms with Gasteiger partial charge in [0, 0.05) is 23.9 Å². The highest BCUT2D eigenvalue weighted by Crippen LogP contribution is 2.20. The zero-order valence-electron chi connectivity index (χ0n) is 14.7. The Morgan fingerprint density at radius 3 is 2.60 bits per heavy atom. The van der Waals surface area contributed by atoms with Gasteiger partial charge in [0.2, 0.25) is 0 Å². The number of hydrogen-bond acceptors (Lipinski definition) is 4. The van der Waals surface area contributed by atoms with E-state index in [4.69, 9.17) is 0 Å². The van der Waals surface area contributed by atoms with Crippen LogP contribution in [0.5, 0.6) is 0 Å². The van der Waals surface area contributed by atoms with Crippen molar-refractivity contribution in [3.05, 3.63) is 62.2 Å². The molecule has 3 aromatic rings. The van der Waals surface area contributed by atoms with Crippen LogP contribution >= 0.6 is 11.3 Å². The van der Waals surface area contributed by atoms with Crippen LogP contribution in [0, 0.1) is 6.92 Å². The molecule has 0 saturated carbocycles. The molecule has 25 heavy (non-hydrogen) atoms. The predicted octanol–water partition coefficient (Wildman–Crippen LogP) is 3.45. The Bertz CT molecular complexity index is 974. The van der Waals surface area contributed by atoms with Crippen molar-refractivity contribution in [2.75, 3.05) is 7.05 Å². The number of carbonyl (C=O) groups excluding carboxylic acids is 1. The standard InChI is InChI=1S/C19H21N3O2S/c1-4-10-22-18(23)15-8-6-5-7-14(15)17(20-22)19(24)21(3)12-16-13(2)9-11-25-16/h5-9,11H,4,10,12H2,1-3H3. The molecule has 2 aromatic heterocycles. The van der Waals surface area contributed by atoms with E-state index in [1.807, 2.05) is 37.4 Å². The molecule has 0 bridgehead atoms. The highest BCUT2D eigenvalue weighted by Gasteiger charge is 2.20. The van der Waals surface area contributed by atoms with Gasteiger partial charge in [-0.2, -0.15) is 5.10 Å². The second-order valence-electron chi connectivity index (χ2n) is 6.11. The lowest BCUT2D eigenvalue weighted by atomic mass is 10.1. The van der Waals surface area contributed by atoms with Crippen LogP contribution in [0.2, 0.25) is 0 Å². The minimum Gasteiger partial charge on any atom is -0.335 e. The number of thiophene rings is 1. The molecule has 130 valence electrons. The van der Waals surface area contributed by atoms with Gasteiger partial charge in [-0.15, -0.1) is 11.3 Å². The molecule has 0 unspecified atom stereocenters. The largest absolute Gasteiger partial charge is 0.335 e. The third-order valence-corrected chi connectivity index (χ3v) is 5.21. The second-order valence-corrected chi connectivity index (χ2v) is 7.11. The van der Waals surface area contributed by atoms with Crippen LogP contribution in [-0.2, 0) is 13.1 Å². The SMILES string of the molecule is CCCn1nc(C(=O)N(C)Cc2sccc2C)c2ccccc2c1=O. The molecule has 0 atom stereocenters. The summed E-state index contributed by atoms with van der Waals surface area (Å²) >= 11 is 1.64. The molecule has 0 fully saturated rings. The maximum absolute atomic E-state index is 13.0. The summed E-state index contributed by atoms with van der Waals surface area (Å²) in [5.74, 6) is -0.172. The smallest absolute Gasteiger partial charge is 0.275 e. The van der Waals surface area contributed by atoms with Gasteiger partial charge in [0.1, 0.15) is 0 Å². The fourth-order valence-electron chi connectivity index (χ4n) is 2.79. The molecule has 0 saturated heterocycles. The first-order chi connectivity index (χ1) is 12.0. The summed E-state index contributed by atoms with van der Waals surface area (Å²) in [5.41, 5.74) is 1.37. The van der Waals surface area contributed by atoms with Gasteiger partial charge in [0.25, 0.3) is 11.5 Å². The van der Waals surface area contributed by atoms with Crippen molar-refractivity contribution in [3.63, 3.8) is 0 Å². The first kappa shape index (κ1) is 17.4. The Hall–Kier alpha value is -2.47. The highest BCUT2D eigenvalue weighted by atomic mass is 32.1. The minimum atomic E-state index is -0.172. The average Bonchev–Trinajstić information content (AvgIpc) is 3.02. The number of rotatable bonds is 5. The van der Waals surface area contributed by atoms with Gasteiger partial charge in [-0.05, 0) is 36.4 Å². The Morgan fingerprint density at radius 1 is 1.24 bits per heavy atom. The lowest BCUT2D eigenvalue weighted by molar-refractivity contribution is 0.0780. The summed E-state index contributed by atoms with van der Waals surface area (Å²) in [4.78, 5) is 28.4. The molecule has 0 radical (unpaired) electrons. The van der Waals surface area contributed by atoms with Crippen LogP contribution < -0.4 is 5.56 Å². The van der Waals surface area contributed by atoms with Gasteiger partial charge in [0.15, 0.2) is 5.69 Å². The molecular weight excluding hydrogens is 334 g/mol. The molecule has 0 spiro atoms. The monoisotopic (exact) mass is 355 g/mol. The average molecular weight is 355 g/mol. The number of amides is 1. The Kier molecular flexibility index (Phi) is 4.99. The first-order valence-electron chi connectivity index (χ1n) is 8.31. The maximum Gasteiger partial charge on any atom is 0.275 e. The molecule has 0 aliphatic carbocycles. The van der Waals surface area contributed by atoms with E-state index in [0.717, 1.165) is 11.3 Å². The van der Waals surface area contributed by atoms with Gasteiger partial charge >= 0.3 is 0 Å². The quantitative estimate of drug-likeness (QED) is 0.704. The molecule has 3 rings (SSSR count). The number of aromatic nitrogens is 2. The molecule has 1 amide bonds. The lowest BCUT2D eigenvalue weighted by Crippen LogP contribution is -2.31. The maximum atomic E-state index is 13.0. The zero-order chi connectivity index (χ0) is 18.0. The number of benzene rings is 1. The third kappa shape index (κ3) is 3.35. The molecule has 0 aliphatic heterocycles. The number of nitrogens with zero attached hydrogens (tertiary/aromatic N) is 3. The molecule has 0 N–H and O–H groups in total. The van der Waals surface area contributed by atoms with E-state index in [2.05, 4.69) is 5.10 Å². The van der Waals surface area contributed by atoms with Gasteiger partial charge in [-0.25, -0.2) is 4.68 Å². The minimum absolute atomic E-state index is 0.147. The summed E-state index contributed by atoms with van der Waals surface area (Å²) in [7, 11) is 1.77. The summed E-state index contributed by atoms with van der Waals surface area (Å²) in [5, 5.41) is 7.55. The van der Waals surface area contributed by atoms with E-state index < -0.39 is 0 Å². The Balaban J connectivity index is 2.04. The van der Waals surface area contributed by atoms with E-state index in [1.54, 1.807) is 35.4 Å². The van der Waals surface area contributed by atoms with Crippen molar-refractivity contribution in [1.82, 2.24) is 14.7 Å². The van der Waals surface area contributed by atoms with Crippen LogP contribution in [-0.4, -0.2) is 27.6 Å². The molecule has 6 heteroatoms. The first-order valence-corrected chi connectivity index (χ1v) is 9.19. The number of hydrogen-bond donors (Lipinski definition) is 0. The highest BCUT2D eigenvalue weighted by molar-refractivity contribution is 7.10. The van der Waals surface area contributed by atoms with Crippen LogP contribution in [0.4, 0.5) is 0 Å². The fraction of sp³-hybridized carbons (Fsp3) is 0.316. The summed E-state index contributed by atoms with van der Waals surface area (Å²) in [6, 6.07) is 9.23. The summed E-state index contributed by atoms with van der Waals surface area (Å²) in [6.07, 6.45) is 0.781. The van der Waals surface area contributed by atoms with E-state index in [0.29, 0.717) is 29.6 Å². The van der Waals surface area contributed by atoms with Gasteiger partial charge in [-0.3, -0.25) is 9.59 Å². The van der Waals surface area contributed by atoms with Crippen LogP contribution in [0.3, 0.4) is 0 Å². The number of aryl methyl sites for hydroxylation is 2. The third-order valence-electron chi connectivity index (χ3n) is 4.20. The zero-order valence-corrected chi connectivity index (χ0v) is 15.5. The van der Waals surface area contributed by atoms with Crippen molar-refractivity contribution in [1.29, 1.82) is 0 Å². The van der Waals surface area contributed by atoms with Crippen LogP contribution in [0.1, 0.15) is 34.3 Å². The van der Waals surface area contributed by atoms with Crippen molar-refractivity contribution in [2.24, 2.45) is 0 Å². The Labute approximate surface area is 150 Å². The number of carbonyl (C=O) groups is 1. The predicted molar refractivity (Wildman–Crippen MR) is 101 cm³/mol.